The van der Waals surface area contributed by atoms with Gasteiger partial charge in [0.25, 0.3) is 5.91 Å². The van der Waals surface area contributed by atoms with Gasteiger partial charge in [-0.25, -0.2) is 0 Å². The standard InChI is InChI=1S/C17H15ClN4O/c1-2-12-5-3-4-6-16(12)21-17(23)14-9-13(7-8-15(14)18)22-10-19-20-11-22/h3-11H,2H2,1H3,(H,21,23). The molecule has 1 amide bonds. The first-order valence-corrected chi connectivity index (χ1v) is 7.60. The molecule has 1 heterocycles. The number of para-hydroxylation sites is 1. The lowest BCUT2D eigenvalue weighted by Gasteiger charge is -2.11. The number of carbonyl (C=O) groups excluding carboxylic acids is 1. The molecule has 6 heteroatoms. The van der Waals surface area contributed by atoms with E-state index in [1.54, 1.807) is 29.4 Å². The van der Waals surface area contributed by atoms with E-state index in [9.17, 15) is 4.79 Å². The molecule has 0 fully saturated rings. The normalized spacial score (nSPS) is 10.5. The smallest absolute Gasteiger partial charge is 0.257 e. The minimum absolute atomic E-state index is 0.245. The van der Waals surface area contributed by atoms with Crippen molar-refractivity contribution in [2.45, 2.75) is 13.3 Å². The van der Waals surface area contributed by atoms with E-state index in [0.717, 1.165) is 23.4 Å². The first kappa shape index (κ1) is 15.2. The molecular weight excluding hydrogens is 312 g/mol. The van der Waals surface area contributed by atoms with E-state index in [1.165, 1.54) is 0 Å². The number of halogens is 1. The fourth-order valence-corrected chi connectivity index (χ4v) is 2.53. The van der Waals surface area contributed by atoms with Crippen LogP contribution in [0.5, 0.6) is 0 Å². The van der Waals surface area contributed by atoms with Crippen molar-refractivity contribution in [3.05, 3.63) is 71.3 Å². The SMILES string of the molecule is CCc1ccccc1NC(=O)c1cc(-n2cnnc2)ccc1Cl. The summed E-state index contributed by atoms with van der Waals surface area (Å²) >= 11 is 6.19. The van der Waals surface area contributed by atoms with E-state index in [2.05, 4.69) is 15.5 Å². The van der Waals surface area contributed by atoms with Gasteiger partial charge in [-0.2, -0.15) is 0 Å². The van der Waals surface area contributed by atoms with Crippen molar-refractivity contribution in [1.82, 2.24) is 14.8 Å². The van der Waals surface area contributed by atoms with Crippen molar-refractivity contribution in [1.29, 1.82) is 0 Å². The Kier molecular flexibility index (Phi) is 4.39. The Labute approximate surface area is 138 Å². The molecule has 0 saturated heterocycles. The number of aromatic nitrogens is 3. The molecule has 0 saturated carbocycles. The van der Waals surface area contributed by atoms with Crippen LogP contribution in [-0.2, 0) is 6.42 Å². The summed E-state index contributed by atoms with van der Waals surface area (Å²) in [5.41, 5.74) is 3.05. The van der Waals surface area contributed by atoms with Gasteiger partial charge >= 0.3 is 0 Å². The fourth-order valence-electron chi connectivity index (χ4n) is 2.32. The van der Waals surface area contributed by atoms with E-state index < -0.39 is 0 Å². The third-order valence-corrected chi connectivity index (χ3v) is 3.89. The number of nitrogens with zero attached hydrogens (tertiary/aromatic N) is 3. The summed E-state index contributed by atoms with van der Waals surface area (Å²) in [6.45, 7) is 2.05. The zero-order chi connectivity index (χ0) is 16.2. The van der Waals surface area contributed by atoms with E-state index >= 15 is 0 Å². The van der Waals surface area contributed by atoms with Crippen LogP contribution >= 0.6 is 11.6 Å². The van der Waals surface area contributed by atoms with Crippen molar-refractivity contribution in [2.24, 2.45) is 0 Å². The van der Waals surface area contributed by atoms with Crippen LogP contribution < -0.4 is 5.32 Å². The highest BCUT2D eigenvalue weighted by molar-refractivity contribution is 6.34. The lowest BCUT2D eigenvalue weighted by molar-refractivity contribution is 0.102. The molecule has 2 aromatic carbocycles. The summed E-state index contributed by atoms with van der Waals surface area (Å²) in [6, 6.07) is 12.9. The van der Waals surface area contributed by atoms with Crippen LogP contribution in [0, 0.1) is 0 Å². The average molecular weight is 327 g/mol. The molecule has 3 rings (SSSR count). The maximum Gasteiger partial charge on any atom is 0.257 e. The predicted molar refractivity (Wildman–Crippen MR) is 90.1 cm³/mol. The summed E-state index contributed by atoms with van der Waals surface area (Å²) in [5, 5.41) is 10.9. The Morgan fingerprint density at radius 1 is 1.17 bits per heavy atom. The van der Waals surface area contributed by atoms with Gasteiger partial charge in [-0.05, 0) is 36.2 Å². The lowest BCUT2D eigenvalue weighted by atomic mass is 10.1. The van der Waals surface area contributed by atoms with Crippen LogP contribution in [0.15, 0.2) is 55.1 Å². The molecule has 0 spiro atoms. The molecule has 0 aliphatic heterocycles. The van der Waals surface area contributed by atoms with Gasteiger partial charge in [0.05, 0.1) is 10.6 Å². The molecule has 0 radical (unpaired) electrons. The van der Waals surface area contributed by atoms with Crippen LogP contribution in [0.4, 0.5) is 5.69 Å². The van der Waals surface area contributed by atoms with Crippen LogP contribution in [0.25, 0.3) is 5.69 Å². The zero-order valence-electron chi connectivity index (χ0n) is 12.5. The second-order valence-corrected chi connectivity index (χ2v) is 5.41. The van der Waals surface area contributed by atoms with Crippen LogP contribution in [-0.4, -0.2) is 20.7 Å². The highest BCUT2D eigenvalue weighted by Crippen LogP contribution is 2.22. The third kappa shape index (κ3) is 3.24. The Morgan fingerprint density at radius 3 is 2.65 bits per heavy atom. The summed E-state index contributed by atoms with van der Waals surface area (Å²) in [6.07, 6.45) is 3.97. The molecule has 0 aliphatic rings. The quantitative estimate of drug-likeness (QED) is 0.794. The Hall–Kier alpha value is -2.66. The largest absolute Gasteiger partial charge is 0.322 e. The summed E-state index contributed by atoms with van der Waals surface area (Å²) < 4.78 is 1.72. The topological polar surface area (TPSA) is 59.8 Å². The van der Waals surface area contributed by atoms with Crippen molar-refractivity contribution in [3.63, 3.8) is 0 Å². The van der Waals surface area contributed by atoms with Gasteiger partial charge in [-0.1, -0.05) is 36.7 Å². The highest BCUT2D eigenvalue weighted by Gasteiger charge is 2.13. The average Bonchev–Trinajstić information content (AvgIpc) is 3.10. The number of aryl methyl sites for hydroxylation is 1. The molecule has 3 aromatic rings. The molecule has 116 valence electrons. The Morgan fingerprint density at radius 2 is 1.91 bits per heavy atom. The summed E-state index contributed by atoms with van der Waals surface area (Å²) in [4.78, 5) is 12.6. The first-order chi connectivity index (χ1) is 11.2. The molecule has 0 atom stereocenters. The second-order valence-electron chi connectivity index (χ2n) is 5.00. The van der Waals surface area contributed by atoms with Gasteiger partial charge < -0.3 is 5.32 Å². The number of benzene rings is 2. The Balaban J connectivity index is 1.91. The highest BCUT2D eigenvalue weighted by atomic mass is 35.5. The maximum atomic E-state index is 12.6. The number of amides is 1. The van der Waals surface area contributed by atoms with Gasteiger partial charge in [0.15, 0.2) is 0 Å². The number of hydrogen-bond donors (Lipinski definition) is 1. The van der Waals surface area contributed by atoms with Crippen molar-refractivity contribution >= 4 is 23.2 Å². The molecule has 0 aliphatic carbocycles. The van der Waals surface area contributed by atoms with Gasteiger partial charge in [0, 0.05) is 11.4 Å². The van der Waals surface area contributed by atoms with E-state index in [-0.39, 0.29) is 5.91 Å². The first-order valence-electron chi connectivity index (χ1n) is 7.23. The summed E-state index contributed by atoms with van der Waals surface area (Å²) in [5.74, 6) is -0.245. The van der Waals surface area contributed by atoms with Crippen molar-refractivity contribution in [2.75, 3.05) is 5.32 Å². The van der Waals surface area contributed by atoms with Crippen LogP contribution in [0.1, 0.15) is 22.8 Å². The molecule has 0 unspecified atom stereocenters. The Bertz CT molecular complexity index is 830. The molecule has 23 heavy (non-hydrogen) atoms. The molecular formula is C17H15ClN4O. The fraction of sp³-hybridized carbons (Fsp3) is 0.118. The molecule has 0 bridgehead atoms. The minimum atomic E-state index is -0.245. The van der Waals surface area contributed by atoms with Gasteiger partial charge in [-0.3, -0.25) is 9.36 Å². The van der Waals surface area contributed by atoms with Crippen LogP contribution in [0.3, 0.4) is 0 Å². The third-order valence-electron chi connectivity index (χ3n) is 3.56. The van der Waals surface area contributed by atoms with Crippen molar-refractivity contribution < 1.29 is 4.79 Å². The van der Waals surface area contributed by atoms with Crippen LogP contribution in [0.2, 0.25) is 5.02 Å². The number of anilines is 1. The molecule has 1 aromatic heterocycles. The lowest BCUT2D eigenvalue weighted by Crippen LogP contribution is -2.14. The zero-order valence-corrected chi connectivity index (χ0v) is 13.3. The number of hydrogen-bond acceptors (Lipinski definition) is 3. The molecule has 1 N–H and O–H groups in total. The van der Waals surface area contributed by atoms with E-state index in [4.69, 9.17) is 11.6 Å². The summed E-state index contributed by atoms with van der Waals surface area (Å²) in [7, 11) is 0. The predicted octanol–water partition coefficient (Wildman–Crippen LogP) is 3.74. The van der Waals surface area contributed by atoms with Gasteiger partial charge in [0.2, 0.25) is 0 Å². The van der Waals surface area contributed by atoms with E-state index in [0.29, 0.717) is 10.6 Å². The molecule has 5 nitrogen and oxygen atoms in total. The maximum absolute atomic E-state index is 12.6. The van der Waals surface area contributed by atoms with Gasteiger partial charge in [-0.15, -0.1) is 10.2 Å². The second kappa shape index (κ2) is 6.62. The monoisotopic (exact) mass is 326 g/mol. The minimum Gasteiger partial charge on any atom is -0.322 e. The number of nitrogens with one attached hydrogen (secondary N) is 1. The van der Waals surface area contributed by atoms with E-state index in [1.807, 2.05) is 37.3 Å². The number of carbonyl (C=O) groups is 1. The number of rotatable bonds is 4. The van der Waals surface area contributed by atoms with Crippen molar-refractivity contribution in [3.8, 4) is 5.69 Å². The van der Waals surface area contributed by atoms with Gasteiger partial charge in [0.1, 0.15) is 12.7 Å².